The van der Waals surface area contributed by atoms with Crippen LogP contribution in [0.5, 0.6) is 0 Å². The Bertz CT molecular complexity index is 243. The predicted molar refractivity (Wildman–Crippen MR) is 62.2 cm³/mol. The first-order chi connectivity index (χ1) is 7.71. The Kier molecular flexibility index (Phi) is 3.82. The molecule has 0 radical (unpaired) electrons. The van der Waals surface area contributed by atoms with Crippen molar-refractivity contribution in [3.05, 3.63) is 0 Å². The van der Waals surface area contributed by atoms with Crippen LogP contribution in [0.2, 0.25) is 0 Å². The van der Waals surface area contributed by atoms with Gasteiger partial charge in [0, 0.05) is 25.8 Å². The maximum absolute atomic E-state index is 12.2. The van der Waals surface area contributed by atoms with E-state index in [2.05, 4.69) is 17.6 Å². The number of rotatable bonds is 2. The van der Waals surface area contributed by atoms with Crippen LogP contribution in [0.4, 0.5) is 0 Å². The highest BCUT2D eigenvalue weighted by Gasteiger charge is 2.35. The van der Waals surface area contributed by atoms with Crippen LogP contribution < -0.4 is 10.6 Å². The Morgan fingerprint density at radius 3 is 2.81 bits per heavy atom. The molecule has 16 heavy (non-hydrogen) atoms. The first kappa shape index (κ1) is 11.9. The molecule has 2 aliphatic rings. The second kappa shape index (κ2) is 5.15. The molecular formula is C12H22N2O2. The van der Waals surface area contributed by atoms with Gasteiger partial charge in [-0.05, 0) is 39.2 Å². The molecule has 4 nitrogen and oxygen atoms in total. The average molecular weight is 226 g/mol. The lowest BCUT2D eigenvalue weighted by Crippen LogP contribution is -2.52. The van der Waals surface area contributed by atoms with Crippen molar-refractivity contribution in [1.29, 1.82) is 0 Å². The number of amides is 1. The van der Waals surface area contributed by atoms with E-state index in [0.29, 0.717) is 6.04 Å². The predicted octanol–water partition coefficient (Wildman–Crippen LogP) is 0.671. The van der Waals surface area contributed by atoms with Crippen LogP contribution in [0.1, 0.15) is 32.6 Å². The first-order valence-corrected chi connectivity index (χ1v) is 6.30. The Morgan fingerprint density at radius 2 is 2.19 bits per heavy atom. The fourth-order valence-electron chi connectivity index (χ4n) is 2.45. The van der Waals surface area contributed by atoms with Crippen molar-refractivity contribution in [1.82, 2.24) is 10.6 Å². The number of nitrogens with one attached hydrogen (secondary N) is 2. The Labute approximate surface area is 97.1 Å². The lowest BCUT2D eigenvalue weighted by Gasteiger charge is -2.35. The lowest BCUT2D eigenvalue weighted by atomic mass is 9.81. The summed E-state index contributed by atoms with van der Waals surface area (Å²) in [7, 11) is 0. The second-order valence-corrected chi connectivity index (χ2v) is 5.20. The Hall–Kier alpha value is -0.610. The first-order valence-electron chi connectivity index (χ1n) is 6.30. The molecule has 4 heteroatoms. The summed E-state index contributed by atoms with van der Waals surface area (Å²) in [6.45, 7) is 5.47. The molecule has 2 heterocycles. The summed E-state index contributed by atoms with van der Waals surface area (Å²) in [4.78, 5) is 12.2. The summed E-state index contributed by atoms with van der Waals surface area (Å²) in [5.74, 6) is 0.214. The van der Waals surface area contributed by atoms with Crippen molar-refractivity contribution < 1.29 is 9.53 Å². The van der Waals surface area contributed by atoms with Crippen molar-refractivity contribution in [2.75, 3.05) is 26.3 Å². The maximum Gasteiger partial charge on any atom is 0.227 e. The minimum Gasteiger partial charge on any atom is -0.381 e. The smallest absolute Gasteiger partial charge is 0.227 e. The maximum atomic E-state index is 12.2. The molecule has 2 saturated heterocycles. The van der Waals surface area contributed by atoms with Gasteiger partial charge in [0.1, 0.15) is 0 Å². The van der Waals surface area contributed by atoms with Gasteiger partial charge in [-0.1, -0.05) is 0 Å². The standard InChI is InChI=1S/C12H22N2O2/c1-12(5-2-6-13-9-12)11(15)14-10-3-7-16-8-4-10/h10,13H,2-9H2,1H3,(H,14,15). The molecule has 2 N–H and O–H groups in total. The summed E-state index contributed by atoms with van der Waals surface area (Å²) >= 11 is 0. The van der Waals surface area contributed by atoms with Gasteiger partial charge >= 0.3 is 0 Å². The van der Waals surface area contributed by atoms with Crippen molar-refractivity contribution >= 4 is 5.91 Å². The van der Waals surface area contributed by atoms with Crippen LogP contribution in [0.3, 0.4) is 0 Å². The largest absolute Gasteiger partial charge is 0.381 e. The van der Waals surface area contributed by atoms with Crippen molar-refractivity contribution in [3.8, 4) is 0 Å². The second-order valence-electron chi connectivity index (χ2n) is 5.20. The zero-order valence-corrected chi connectivity index (χ0v) is 10.1. The summed E-state index contributed by atoms with van der Waals surface area (Å²) in [5, 5.41) is 6.48. The topological polar surface area (TPSA) is 50.4 Å². The number of piperidine rings is 1. The molecule has 0 aliphatic carbocycles. The van der Waals surface area contributed by atoms with Gasteiger partial charge in [-0.3, -0.25) is 4.79 Å². The van der Waals surface area contributed by atoms with E-state index in [4.69, 9.17) is 4.74 Å². The van der Waals surface area contributed by atoms with Crippen LogP contribution in [0.25, 0.3) is 0 Å². The van der Waals surface area contributed by atoms with E-state index >= 15 is 0 Å². The summed E-state index contributed by atoms with van der Waals surface area (Å²) < 4.78 is 5.29. The van der Waals surface area contributed by atoms with Crippen molar-refractivity contribution in [2.45, 2.75) is 38.6 Å². The van der Waals surface area contributed by atoms with E-state index in [1.165, 1.54) is 0 Å². The highest BCUT2D eigenvalue weighted by atomic mass is 16.5. The molecule has 2 rings (SSSR count). The normalized spacial score (nSPS) is 32.3. The van der Waals surface area contributed by atoms with E-state index < -0.39 is 0 Å². The fraction of sp³-hybridized carbons (Fsp3) is 0.917. The quantitative estimate of drug-likeness (QED) is 0.727. The number of hydrogen-bond donors (Lipinski definition) is 2. The molecule has 2 fully saturated rings. The number of ether oxygens (including phenoxy) is 1. The highest BCUT2D eigenvalue weighted by Crippen LogP contribution is 2.26. The van der Waals surface area contributed by atoms with Gasteiger partial charge in [0.15, 0.2) is 0 Å². The molecular weight excluding hydrogens is 204 g/mol. The molecule has 92 valence electrons. The molecule has 1 amide bonds. The SMILES string of the molecule is CC1(C(=O)NC2CCOCC2)CCCNC1. The van der Waals surface area contributed by atoms with E-state index in [-0.39, 0.29) is 11.3 Å². The summed E-state index contributed by atoms with van der Waals surface area (Å²) in [6.07, 6.45) is 4.00. The Morgan fingerprint density at radius 1 is 1.44 bits per heavy atom. The summed E-state index contributed by atoms with van der Waals surface area (Å²) in [6, 6.07) is 0.319. The van der Waals surface area contributed by atoms with E-state index in [1.54, 1.807) is 0 Å². The molecule has 0 aromatic carbocycles. The van der Waals surface area contributed by atoms with Gasteiger partial charge in [0.2, 0.25) is 5.91 Å². The highest BCUT2D eigenvalue weighted by molar-refractivity contribution is 5.82. The molecule has 1 unspecified atom stereocenters. The molecule has 0 spiro atoms. The Balaban J connectivity index is 1.85. The third kappa shape index (κ3) is 2.74. The van der Waals surface area contributed by atoms with E-state index in [9.17, 15) is 4.79 Å². The van der Waals surface area contributed by atoms with Gasteiger partial charge in [-0.2, -0.15) is 0 Å². The minimum atomic E-state index is -0.212. The molecule has 0 bridgehead atoms. The number of hydrogen-bond acceptors (Lipinski definition) is 3. The number of carbonyl (C=O) groups is 1. The van der Waals surface area contributed by atoms with Crippen molar-refractivity contribution in [3.63, 3.8) is 0 Å². The van der Waals surface area contributed by atoms with Gasteiger partial charge in [-0.15, -0.1) is 0 Å². The van der Waals surface area contributed by atoms with Gasteiger partial charge in [-0.25, -0.2) is 0 Å². The minimum absolute atomic E-state index is 0.212. The molecule has 2 aliphatic heterocycles. The fourth-order valence-corrected chi connectivity index (χ4v) is 2.45. The van der Waals surface area contributed by atoms with Crippen LogP contribution in [-0.4, -0.2) is 38.3 Å². The van der Waals surface area contributed by atoms with Gasteiger partial charge < -0.3 is 15.4 Å². The van der Waals surface area contributed by atoms with Crippen LogP contribution in [0, 0.1) is 5.41 Å². The molecule has 0 aromatic rings. The third-order valence-corrected chi connectivity index (χ3v) is 3.70. The third-order valence-electron chi connectivity index (χ3n) is 3.70. The average Bonchev–Trinajstić information content (AvgIpc) is 2.31. The molecule has 1 atom stereocenters. The zero-order chi connectivity index (χ0) is 11.4. The van der Waals surface area contributed by atoms with Crippen molar-refractivity contribution in [2.24, 2.45) is 5.41 Å². The monoisotopic (exact) mass is 226 g/mol. The van der Waals surface area contributed by atoms with E-state index in [0.717, 1.165) is 52.0 Å². The van der Waals surface area contributed by atoms with Gasteiger partial charge in [0.05, 0.1) is 5.41 Å². The van der Waals surface area contributed by atoms with Crippen LogP contribution in [-0.2, 0) is 9.53 Å². The zero-order valence-electron chi connectivity index (χ0n) is 10.1. The van der Waals surface area contributed by atoms with Gasteiger partial charge in [0.25, 0.3) is 0 Å². The van der Waals surface area contributed by atoms with E-state index in [1.807, 2.05) is 0 Å². The molecule has 0 aromatic heterocycles. The van der Waals surface area contributed by atoms with Crippen LogP contribution >= 0.6 is 0 Å². The molecule has 0 saturated carbocycles. The lowest BCUT2D eigenvalue weighted by molar-refractivity contribution is -0.132. The number of carbonyl (C=O) groups excluding carboxylic acids is 1. The van der Waals surface area contributed by atoms with Crippen LogP contribution in [0.15, 0.2) is 0 Å². The summed E-state index contributed by atoms with van der Waals surface area (Å²) in [5.41, 5.74) is -0.212.